The molecule has 2 rings (SSSR count). The molecule has 0 aliphatic heterocycles. The predicted molar refractivity (Wildman–Crippen MR) is 88.8 cm³/mol. The van der Waals surface area contributed by atoms with Crippen molar-refractivity contribution >= 4 is 45.0 Å². The third-order valence-electron chi connectivity index (χ3n) is 3.02. The fourth-order valence-electron chi connectivity index (χ4n) is 1.90. The summed E-state index contributed by atoms with van der Waals surface area (Å²) in [5, 5.41) is 0.836. The van der Waals surface area contributed by atoms with Crippen molar-refractivity contribution in [1.82, 2.24) is 9.88 Å². The number of hydrogen-bond acceptors (Lipinski definition) is 2. The molecule has 0 bridgehead atoms. The molecule has 0 N–H and O–H groups in total. The van der Waals surface area contributed by atoms with Crippen LogP contribution in [0.4, 0.5) is 0 Å². The van der Waals surface area contributed by atoms with Crippen LogP contribution in [-0.4, -0.2) is 22.3 Å². The first-order valence-electron chi connectivity index (χ1n) is 6.36. The summed E-state index contributed by atoms with van der Waals surface area (Å²) in [6.07, 6.45) is 1.56. The summed E-state index contributed by atoms with van der Waals surface area (Å²) in [5.74, 6) is -0.170. The molecule has 1 aromatic carbocycles. The van der Waals surface area contributed by atoms with Gasteiger partial charge in [0.15, 0.2) is 0 Å². The molecule has 6 heteroatoms. The van der Waals surface area contributed by atoms with Gasteiger partial charge in [-0.3, -0.25) is 4.79 Å². The average molecular weight is 388 g/mol. The molecule has 21 heavy (non-hydrogen) atoms. The van der Waals surface area contributed by atoms with Crippen LogP contribution in [0.5, 0.6) is 0 Å². The zero-order chi connectivity index (χ0) is 15.4. The van der Waals surface area contributed by atoms with E-state index in [4.69, 9.17) is 23.2 Å². The van der Waals surface area contributed by atoms with Crippen molar-refractivity contribution in [2.45, 2.75) is 13.5 Å². The van der Waals surface area contributed by atoms with Crippen molar-refractivity contribution < 1.29 is 4.79 Å². The van der Waals surface area contributed by atoms with E-state index in [-0.39, 0.29) is 11.1 Å². The third-order valence-corrected chi connectivity index (χ3v) is 4.13. The van der Waals surface area contributed by atoms with Crippen molar-refractivity contribution in [1.29, 1.82) is 0 Å². The first kappa shape index (κ1) is 16.3. The molecule has 0 unspecified atom stereocenters. The molecule has 0 radical (unpaired) electrons. The first-order chi connectivity index (χ1) is 10.0. The highest BCUT2D eigenvalue weighted by molar-refractivity contribution is 9.10. The largest absolute Gasteiger partial charge is 0.334 e. The number of rotatable bonds is 4. The molecule has 0 spiro atoms. The van der Waals surface area contributed by atoms with Gasteiger partial charge in [-0.25, -0.2) is 4.98 Å². The summed E-state index contributed by atoms with van der Waals surface area (Å²) in [6.45, 7) is 2.89. The molecular formula is C15H13BrCl2N2O. The lowest BCUT2D eigenvalue weighted by Crippen LogP contribution is -2.30. The minimum atomic E-state index is -0.170. The van der Waals surface area contributed by atoms with Crippen molar-refractivity contribution in [2.24, 2.45) is 0 Å². The van der Waals surface area contributed by atoms with Gasteiger partial charge in [-0.05, 0) is 40.5 Å². The van der Waals surface area contributed by atoms with Gasteiger partial charge < -0.3 is 4.90 Å². The van der Waals surface area contributed by atoms with Gasteiger partial charge in [0, 0.05) is 28.8 Å². The quantitative estimate of drug-likeness (QED) is 0.705. The molecule has 0 aliphatic rings. The number of halogens is 3. The fraction of sp³-hybridized carbons (Fsp3) is 0.200. The van der Waals surface area contributed by atoms with Crippen LogP contribution < -0.4 is 0 Å². The number of nitrogens with zero attached hydrogens (tertiary/aromatic N) is 2. The van der Waals surface area contributed by atoms with Crippen LogP contribution in [0, 0.1) is 0 Å². The average Bonchev–Trinajstić information content (AvgIpc) is 2.48. The Morgan fingerprint density at radius 2 is 2.05 bits per heavy atom. The summed E-state index contributed by atoms with van der Waals surface area (Å²) in [4.78, 5) is 18.3. The highest BCUT2D eigenvalue weighted by atomic mass is 79.9. The molecule has 0 fully saturated rings. The molecule has 3 nitrogen and oxygen atoms in total. The van der Waals surface area contributed by atoms with Gasteiger partial charge in [0.05, 0.1) is 5.56 Å². The Labute approximate surface area is 142 Å². The van der Waals surface area contributed by atoms with E-state index in [1.165, 1.54) is 0 Å². The molecule has 0 saturated carbocycles. The van der Waals surface area contributed by atoms with Crippen LogP contribution in [0.25, 0.3) is 0 Å². The second kappa shape index (κ2) is 7.25. The van der Waals surface area contributed by atoms with Crippen LogP contribution in [0.3, 0.4) is 0 Å². The second-order valence-electron chi connectivity index (χ2n) is 4.40. The smallest absolute Gasteiger partial charge is 0.257 e. The van der Waals surface area contributed by atoms with E-state index in [1.807, 2.05) is 31.2 Å². The fourth-order valence-corrected chi connectivity index (χ4v) is 2.61. The Morgan fingerprint density at radius 3 is 2.71 bits per heavy atom. The zero-order valence-electron chi connectivity index (χ0n) is 11.3. The van der Waals surface area contributed by atoms with Crippen LogP contribution in [0.2, 0.25) is 10.2 Å². The summed E-state index contributed by atoms with van der Waals surface area (Å²) in [7, 11) is 0. The Bertz CT molecular complexity index is 664. The highest BCUT2D eigenvalue weighted by Crippen LogP contribution is 2.22. The number of carbonyl (C=O) groups is 1. The van der Waals surface area contributed by atoms with E-state index in [1.54, 1.807) is 17.2 Å². The number of pyridine rings is 1. The van der Waals surface area contributed by atoms with Gasteiger partial charge >= 0.3 is 0 Å². The van der Waals surface area contributed by atoms with E-state index in [0.29, 0.717) is 28.1 Å². The molecule has 0 aliphatic carbocycles. The zero-order valence-corrected chi connectivity index (χ0v) is 14.4. The van der Waals surface area contributed by atoms with Gasteiger partial charge in [0.25, 0.3) is 5.91 Å². The van der Waals surface area contributed by atoms with Crippen molar-refractivity contribution in [3.05, 3.63) is 62.3 Å². The number of amides is 1. The number of aromatic nitrogens is 1. The lowest BCUT2D eigenvalue weighted by molar-refractivity contribution is 0.0752. The summed E-state index contributed by atoms with van der Waals surface area (Å²) in [6, 6.07) is 9.14. The van der Waals surface area contributed by atoms with Gasteiger partial charge in [-0.2, -0.15) is 0 Å². The molecule has 1 heterocycles. The molecular weight excluding hydrogens is 375 g/mol. The maximum Gasteiger partial charge on any atom is 0.257 e. The van der Waals surface area contributed by atoms with Crippen molar-refractivity contribution in [2.75, 3.05) is 6.54 Å². The van der Waals surface area contributed by atoms with Gasteiger partial charge in [-0.1, -0.05) is 41.4 Å². The summed E-state index contributed by atoms with van der Waals surface area (Å²) in [5.41, 5.74) is 1.27. The minimum absolute atomic E-state index is 0.170. The molecule has 0 saturated heterocycles. The first-order valence-corrected chi connectivity index (χ1v) is 7.91. The molecule has 1 aromatic heterocycles. The maximum absolute atomic E-state index is 12.6. The Balaban J connectivity index is 2.27. The Hall–Kier alpha value is -1.10. The second-order valence-corrected chi connectivity index (χ2v) is 6.08. The molecule has 110 valence electrons. The van der Waals surface area contributed by atoms with Crippen molar-refractivity contribution in [3.8, 4) is 0 Å². The topological polar surface area (TPSA) is 33.2 Å². The van der Waals surface area contributed by atoms with Crippen LogP contribution >= 0.6 is 39.1 Å². The van der Waals surface area contributed by atoms with Crippen molar-refractivity contribution in [3.63, 3.8) is 0 Å². The molecule has 2 aromatic rings. The normalized spacial score (nSPS) is 10.5. The highest BCUT2D eigenvalue weighted by Gasteiger charge is 2.19. The standard InChI is InChI=1S/C15H13BrCl2N2O/c1-2-20(9-10-5-3-4-6-13(10)17)15(21)12-7-11(16)8-19-14(12)18/h3-8H,2,9H2,1H3. The number of hydrogen-bond donors (Lipinski definition) is 0. The lowest BCUT2D eigenvalue weighted by atomic mass is 10.2. The molecule has 0 atom stereocenters. The predicted octanol–water partition coefficient (Wildman–Crippen LogP) is 4.81. The monoisotopic (exact) mass is 386 g/mol. The maximum atomic E-state index is 12.6. The van der Waals surface area contributed by atoms with Crippen LogP contribution in [0.15, 0.2) is 41.0 Å². The number of benzene rings is 1. The summed E-state index contributed by atoms with van der Waals surface area (Å²) < 4.78 is 0.712. The van der Waals surface area contributed by atoms with Gasteiger partial charge in [0.2, 0.25) is 0 Å². The lowest BCUT2D eigenvalue weighted by Gasteiger charge is -2.22. The van der Waals surface area contributed by atoms with Crippen LogP contribution in [0.1, 0.15) is 22.8 Å². The molecule has 1 amide bonds. The minimum Gasteiger partial charge on any atom is -0.334 e. The van der Waals surface area contributed by atoms with Gasteiger partial charge in [0.1, 0.15) is 5.15 Å². The number of carbonyl (C=O) groups excluding carboxylic acids is 1. The van der Waals surface area contributed by atoms with E-state index in [2.05, 4.69) is 20.9 Å². The SMILES string of the molecule is CCN(Cc1ccccc1Cl)C(=O)c1cc(Br)cnc1Cl. The van der Waals surface area contributed by atoms with E-state index < -0.39 is 0 Å². The van der Waals surface area contributed by atoms with E-state index >= 15 is 0 Å². The van der Waals surface area contributed by atoms with E-state index in [0.717, 1.165) is 5.56 Å². The summed E-state index contributed by atoms with van der Waals surface area (Å²) >= 11 is 15.5. The van der Waals surface area contributed by atoms with Gasteiger partial charge in [-0.15, -0.1) is 0 Å². The van der Waals surface area contributed by atoms with Crippen LogP contribution in [-0.2, 0) is 6.54 Å². The third kappa shape index (κ3) is 3.96. The Kier molecular flexibility index (Phi) is 5.62. The van der Waals surface area contributed by atoms with E-state index in [9.17, 15) is 4.79 Å². The Morgan fingerprint density at radius 1 is 1.33 bits per heavy atom.